The molecule has 11 heavy (non-hydrogen) atoms. The summed E-state index contributed by atoms with van der Waals surface area (Å²) in [6.07, 6.45) is 1.30. The molecule has 0 bridgehead atoms. The van der Waals surface area contributed by atoms with E-state index < -0.39 is 0 Å². The summed E-state index contributed by atoms with van der Waals surface area (Å²) in [5, 5.41) is 3.46. The first-order chi connectivity index (χ1) is 5.04. The highest BCUT2D eigenvalue weighted by atomic mass is 127. The summed E-state index contributed by atoms with van der Waals surface area (Å²) >= 11 is 5.23. The fraction of sp³-hybridized carbons (Fsp3) is 1.00. The van der Waals surface area contributed by atoms with Crippen LogP contribution in [-0.4, -0.2) is 14.5 Å². The number of alkyl halides is 2. The Kier molecular flexibility index (Phi) is 3.90. The van der Waals surface area contributed by atoms with Gasteiger partial charge in [-0.05, 0) is 24.8 Å². The first kappa shape index (κ1) is 10.5. The summed E-state index contributed by atoms with van der Waals surface area (Å²) in [5.41, 5.74) is 0. The van der Waals surface area contributed by atoms with Crippen molar-refractivity contribution < 1.29 is 0 Å². The van der Waals surface area contributed by atoms with Crippen LogP contribution in [0, 0.1) is 11.8 Å². The lowest BCUT2D eigenvalue weighted by atomic mass is 9.89. The van der Waals surface area contributed by atoms with Gasteiger partial charge in [0.15, 0.2) is 0 Å². The molecule has 0 amide bonds. The SMILES string of the molecule is CC(C)C1CNCCC1(I)I. The lowest BCUT2D eigenvalue weighted by molar-refractivity contribution is 0.307. The molecule has 1 rings (SSSR count). The molecule has 0 aromatic heterocycles. The van der Waals surface area contributed by atoms with E-state index in [4.69, 9.17) is 0 Å². The molecule has 66 valence electrons. The van der Waals surface area contributed by atoms with E-state index in [1.807, 2.05) is 0 Å². The van der Waals surface area contributed by atoms with Crippen molar-refractivity contribution in [2.45, 2.75) is 21.7 Å². The number of piperidine rings is 1. The lowest BCUT2D eigenvalue weighted by Crippen LogP contribution is -2.44. The van der Waals surface area contributed by atoms with Gasteiger partial charge in [-0.15, -0.1) is 0 Å². The molecule has 1 fully saturated rings. The molecule has 0 aliphatic carbocycles. The number of halogens is 2. The quantitative estimate of drug-likeness (QED) is 0.546. The maximum Gasteiger partial charge on any atom is 0.0789 e. The zero-order valence-electron chi connectivity index (χ0n) is 7.03. The van der Waals surface area contributed by atoms with Crippen molar-refractivity contribution in [3.63, 3.8) is 0 Å². The lowest BCUT2D eigenvalue weighted by Gasteiger charge is -2.38. The third kappa shape index (κ3) is 2.69. The van der Waals surface area contributed by atoms with E-state index in [1.54, 1.807) is 0 Å². The topological polar surface area (TPSA) is 12.0 Å². The Labute approximate surface area is 96.4 Å². The number of hydrogen-bond donors (Lipinski definition) is 1. The summed E-state index contributed by atoms with van der Waals surface area (Å²) in [7, 11) is 0. The Hall–Kier alpha value is 1.42. The van der Waals surface area contributed by atoms with Crippen LogP contribution >= 0.6 is 45.2 Å². The number of hydrogen-bond acceptors (Lipinski definition) is 1. The van der Waals surface area contributed by atoms with Crippen molar-refractivity contribution in [2.24, 2.45) is 11.8 Å². The van der Waals surface area contributed by atoms with Crippen molar-refractivity contribution in [1.82, 2.24) is 5.32 Å². The van der Waals surface area contributed by atoms with Gasteiger partial charge in [-0.3, -0.25) is 0 Å². The Morgan fingerprint density at radius 3 is 2.45 bits per heavy atom. The van der Waals surface area contributed by atoms with E-state index in [1.165, 1.54) is 19.5 Å². The maximum atomic E-state index is 3.46. The van der Waals surface area contributed by atoms with Crippen LogP contribution in [0.3, 0.4) is 0 Å². The monoisotopic (exact) mass is 379 g/mol. The van der Waals surface area contributed by atoms with Crippen LogP contribution in [0.4, 0.5) is 0 Å². The highest BCUT2D eigenvalue weighted by Gasteiger charge is 2.37. The van der Waals surface area contributed by atoms with Gasteiger partial charge in [-0.25, -0.2) is 0 Å². The maximum absolute atomic E-state index is 3.46. The molecule has 3 heteroatoms. The first-order valence-corrected chi connectivity index (χ1v) is 6.28. The third-order valence-electron chi connectivity index (χ3n) is 2.35. The minimum atomic E-state index is 0.495. The van der Waals surface area contributed by atoms with Crippen molar-refractivity contribution in [2.75, 3.05) is 13.1 Å². The summed E-state index contributed by atoms with van der Waals surface area (Å²) in [4.78, 5) is 0. The molecule has 1 aliphatic rings. The van der Waals surface area contributed by atoms with Crippen molar-refractivity contribution in [3.8, 4) is 0 Å². The molecule has 1 unspecified atom stereocenters. The van der Waals surface area contributed by atoms with Crippen molar-refractivity contribution >= 4 is 45.2 Å². The van der Waals surface area contributed by atoms with Crippen LogP contribution in [-0.2, 0) is 0 Å². The van der Waals surface area contributed by atoms with Crippen LogP contribution < -0.4 is 5.32 Å². The molecule has 1 saturated heterocycles. The van der Waals surface area contributed by atoms with Crippen LogP contribution in [0.2, 0.25) is 0 Å². The molecule has 1 aliphatic heterocycles. The van der Waals surface area contributed by atoms with Gasteiger partial charge in [0, 0.05) is 6.54 Å². The Morgan fingerprint density at radius 2 is 2.09 bits per heavy atom. The Balaban J connectivity index is 2.60. The van der Waals surface area contributed by atoms with E-state index in [0.717, 1.165) is 11.8 Å². The van der Waals surface area contributed by atoms with E-state index >= 15 is 0 Å². The van der Waals surface area contributed by atoms with Crippen LogP contribution in [0.5, 0.6) is 0 Å². The molecule has 0 radical (unpaired) electrons. The minimum Gasteiger partial charge on any atom is -0.316 e. The second-order valence-corrected chi connectivity index (χ2v) is 9.48. The molecule has 1 N–H and O–H groups in total. The Bertz CT molecular complexity index is 134. The molecule has 0 aromatic carbocycles. The largest absolute Gasteiger partial charge is 0.316 e. The number of rotatable bonds is 1. The summed E-state index contributed by atoms with van der Waals surface area (Å²) in [6, 6.07) is 0. The average Bonchev–Trinajstić information content (AvgIpc) is 1.85. The molecule has 1 nitrogen and oxygen atoms in total. The van der Waals surface area contributed by atoms with Gasteiger partial charge in [-0.1, -0.05) is 59.0 Å². The van der Waals surface area contributed by atoms with Gasteiger partial charge in [0.2, 0.25) is 0 Å². The van der Waals surface area contributed by atoms with Gasteiger partial charge in [0.1, 0.15) is 0 Å². The summed E-state index contributed by atoms with van der Waals surface area (Å²) in [5.74, 6) is 1.63. The smallest absolute Gasteiger partial charge is 0.0789 e. The molecule has 1 atom stereocenters. The summed E-state index contributed by atoms with van der Waals surface area (Å²) in [6.45, 7) is 7.03. The molecular weight excluding hydrogens is 364 g/mol. The zero-order chi connectivity index (χ0) is 8.48. The summed E-state index contributed by atoms with van der Waals surface area (Å²) < 4.78 is 0.495. The fourth-order valence-electron chi connectivity index (χ4n) is 1.57. The van der Waals surface area contributed by atoms with Gasteiger partial charge in [0.25, 0.3) is 0 Å². The van der Waals surface area contributed by atoms with Crippen molar-refractivity contribution in [1.29, 1.82) is 0 Å². The van der Waals surface area contributed by atoms with E-state index in [9.17, 15) is 0 Å². The molecule has 0 saturated carbocycles. The van der Waals surface area contributed by atoms with E-state index in [2.05, 4.69) is 64.3 Å². The number of nitrogens with one attached hydrogen (secondary N) is 1. The van der Waals surface area contributed by atoms with E-state index in [-0.39, 0.29) is 0 Å². The van der Waals surface area contributed by atoms with Crippen molar-refractivity contribution in [3.05, 3.63) is 0 Å². The second-order valence-electron chi connectivity index (χ2n) is 3.57. The minimum absolute atomic E-state index is 0.495. The third-order valence-corrected chi connectivity index (χ3v) is 5.03. The van der Waals surface area contributed by atoms with Gasteiger partial charge in [-0.2, -0.15) is 0 Å². The van der Waals surface area contributed by atoms with Crippen LogP contribution in [0.1, 0.15) is 20.3 Å². The van der Waals surface area contributed by atoms with Gasteiger partial charge < -0.3 is 5.32 Å². The first-order valence-electron chi connectivity index (χ1n) is 4.12. The Morgan fingerprint density at radius 1 is 1.45 bits per heavy atom. The normalized spacial score (nSPS) is 30.8. The molecule has 0 spiro atoms. The highest BCUT2D eigenvalue weighted by Crippen LogP contribution is 2.43. The van der Waals surface area contributed by atoms with Gasteiger partial charge >= 0.3 is 0 Å². The zero-order valence-corrected chi connectivity index (χ0v) is 11.3. The molecule has 1 heterocycles. The molecule has 0 aromatic rings. The second kappa shape index (κ2) is 4.09. The van der Waals surface area contributed by atoms with Crippen LogP contribution in [0.15, 0.2) is 0 Å². The molecular formula is C8H15I2N. The predicted octanol–water partition coefficient (Wildman–Crippen LogP) is 2.82. The standard InChI is InChI=1S/C8H15I2N/c1-6(2)7-5-11-4-3-8(7,9)10/h6-7,11H,3-5H2,1-2H3. The van der Waals surface area contributed by atoms with Gasteiger partial charge in [0.05, 0.1) is 1.43 Å². The predicted molar refractivity (Wildman–Crippen MR) is 66.6 cm³/mol. The highest BCUT2D eigenvalue weighted by molar-refractivity contribution is 14.2. The fourth-order valence-corrected chi connectivity index (χ4v) is 3.99. The van der Waals surface area contributed by atoms with E-state index in [0.29, 0.717) is 1.43 Å². The average molecular weight is 379 g/mol. The van der Waals surface area contributed by atoms with Crippen LogP contribution in [0.25, 0.3) is 0 Å².